The standard InChI is InChI=1S/C19H26N4O3.HI/c1-5-20-19(22-13-14-8-7-11-21-18(14)25-4)23-15-9-10-16(24-3)17(12-15)26-6-2;/h7-12H,5-6,13H2,1-4H3,(H2,20,22,23);1H. The molecule has 8 heteroatoms. The number of benzene rings is 1. The molecule has 0 aliphatic heterocycles. The molecular weight excluding hydrogens is 459 g/mol. The predicted molar refractivity (Wildman–Crippen MR) is 119 cm³/mol. The van der Waals surface area contributed by atoms with Crippen molar-refractivity contribution < 1.29 is 14.2 Å². The molecule has 0 saturated heterocycles. The molecule has 1 aromatic carbocycles. The van der Waals surface area contributed by atoms with E-state index in [2.05, 4.69) is 20.6 Å². The topological polar surface area (TPSA) is 77.0 Å². The highest BCUT2D eigenvalue weighted by atomic mass is 127. The van der Waals surface area contributed by atoms with Gasteiger partial charge in [0.25, 0.3) is 0 Å². The fourth-order valence-corrected chi connectivity index (χ4v) is 2.36. The lowest BCUT2D eigenvalue weighted by molar-refractivity contribution is 0.311. The van der Waals surface area contributed by atoms with E-state index in [0.717, 1.165) is 17.8 Å². The number of anilines is 1. The van der Waals surface area contributed by atoms with E-state index in [1.54, 1.807) is 20.4 Å². The first-order chi connectivity index (χ1) is 12.7. The average Bonchev–Trinajstić information content (AvgIpc) is 2.67. The number of halogens is 1. The molecule has 2 rings (SSSR count). The van der Waals surface area contributed by atoms with Gasteiger partial charge in [0.15, 0.2) is 17.5 Å². The lowest BCUT2D eigenvalue weighted by Crippen LogP contribution is -2.30. The highest BCUT2D eigenvalue weighted by Gasteiger charge is 2.08. The predicted octanol–water partition coefficient (Wildman–Crippen LogP) is 3.69. The molecule has 0 amide bonds. The summed E-state index contributed by atoms with van der Waals surface area (Å²) in [5.74, 6) is 2.62. The maximum absolute atomic E-state index is 5.62. The first kappa shape index (κ1) is 22.8. The number of aliphatic imine (C=N–C) groups is 1. The minimum atomic E-state index is 0. The van der Waals surface area contributed by atoms with E-state index >= 15 is 0 Å². The number of hydrogen-bond donors (Lipinski definition) is 2. The number of ether oxygens (including phenoxy) is 3. The van der Waals surface area contributed by atoms with Gasteiger partial charge in [-0.2, -0.15) is 0 Å². The van der Waals surface area contributed by atoms with Crippen LogP contribution in [0.3, 0.4) is 0 Å². The summed E-state index contributed by atoms with van der Waals surface area (Å²) >= 11 is 0. The third kappa shape index (κ3) is 6.78. The van der Waals surface area contributed by atoms with Gasteiger partial charge in [-0.3, -0.25) is 0 Å². The molecule has 0 radical (unpaired) electrons. The van der Waals surface area contributed by atoms with Crippen LogP contribution < -0.4 is 24.8 Å². The highest BCUT2D eigenvalue weighted by molar-refractivity contribution is 14.0. The van der Waals surface area contributed by atoms with Crippen LogP contribution in [-0.4, -0.2) is 38.3 Å². The van der Waals surface area contributed by atoms with E-state index in [4.69, 9.17) is 14.2 Å². The number of methoxy groups -OCH3 is 2. The summed E-state index contributed by atoms with van der Waals surface area (Å²) in [5, 5.41) is 6.50. The van der Waals surface area contributed by atoms with Crippen molar-refractivity contribution in [1.82, 2.24) is 10.3 Å². The molecule has 0 atom stereocenters. The number of pyridine rings is 1. The maximum Gasteiger partial charge on any atom is 0.218 e. The SMILES string of the molecule is CCNC(=NCc1cccnc1OC)Nc1ccc(OC)c(OCC)c1.I. The van der Waals surface area contributed by atoms with E-state index in [0.29, 0.717) is 36.5 Å². The van der Waals surface area contributed by atoms with Gasteiger partial charge in [-0.1, -0.05) is 6.07 Å². The molecule has 0 bridgehead atoms. The lowest BCUT2D eigenvalue weighted by Gasteiger charge is -2.14. The zero-order valence-electron chi connectivity index (χ0n) is 16.1. The van der Waals surface area contributed by atoms with E-state index < -0.39 is 0 Å². The largest absolute Gasteiger partial charge is 0.493 e. The zero-order chi connectivity index (χ0) is 18.8. The Morgan fingerprint density at radius 3 is 2.59 bits per heavy atom. The summed E-state index contributed by atoms with van der Waals surface area (Å²) in [5.41, 5.74) is 1.77. The molecule has 7 nitrogen and oxygen atoms in total. The lowest BCUT2D eigenvalue weighted by atomic mass is 10.2. The van der Waals surface area contributed by atoms with Crippen molar-refractivity contribution in [2.75, 3.05) is 32.7 Å². The molecule has 2 N–H and O–H groups in total. The maximum atomic E-state index is 5.62. The highest BCUT2D eigenvalue weighted by Crippen LogP contribution is 2.30. The van der Waals surface area contributed by atoms with Gasteiger partial charge in [-0.15, -0.1) is 24.0 Å². The Balaban J connectivity index is 0.00000364. The van der Waals surface area contributed by atoms with Crippen molar-refractivity contribution in [1.29, 1.82) is 0 Å². The van der Waals surface area contributed by atoms with Gasteiger partial charge in [0.1, 0.15) is 0 Å². The summed E-state index contributed by atoms with van der Waals surface area (Å²) in [4.78, 5) is 8.80. The second-order valence-corrected chi connectivity index (χ2v) is 5.29. The Hall–Kier alpha value is -2.23. The Morgan fingerprint density at radius 1 is 1.11 bits per heavy atom. The van der Waals surface area contributed by atoms with Crippen molar-refractivity contribution in [2.24, 2.45) is 4.99 Å². The normalized spacial score (nSPS) is 10.6. The van der Waals surface area contributed by atoms with Crippen LogP contribution in [0.15, 0.2) is 41.5 Å². The van der Waals surface area contributed by atoms with Crippen molar-refractivity contribution in [3.8, 4) is 17.4 Å². The van der Waals surface area contributed by atoms with E-state index in [-0.39, 0.29) is 24.0 Å². The number of nitrogens with zero attached hydrogens (tertiary/aromatic N) is 2. The second-order valence-electron chi connectivity index (χ2n) is 5.29. The molecular formula is C19H27IN4O3. The van der Waals surface area contributed by atoms with Gasteiger partial charge in [0.05, 0.1) is 27.4 Å². The Labute approximate surface area is 177 Å². The van der Waals surface area contributed by atoms with Crippen LogP contribution in [-0.2, 0) is 6.54 Å². The van der Waals surface area contributed by atoms with Crippen molar-refractivity contribution in [3.63, 3.8) is 0 Å². The van der Waals surface area contributed by atoms with Gasteiger partial charge in [-0.05, 0) is 32.0 Å². The van der Waals surface area contributed by atoms with Crippen LogP contribution in [0.25, 0.3) is 0 Å². The van der Waals surface area contributed by atoms with Gasteiger partial charge in [-0.25, -0.2) is 9.98 Å². The summed E-state index contributed by atoms with van der Waals surface area (Å²) in [6, 6.07) is 9.48. The minimum Gasteiger partial charge on any atom is -0.493 e. The van der Waals surface area contributed by atoms with E-state index in [1.807, 2.05) is 44.2 Å². The first-order valence-corrected chi connectivity index (χ1v) is 8.55. The zero-order valence-corrected chi connectivity index (χ0v) is 18.4. The number of rotatable bonds is 8. The smallest absolute Gasteiger partial charge is 0.218 e. The van der Waals surface area contributed by atoms with Crippen LogP contribution in [0.2, 0.25) is 0 Å². The van der Waals surface area contributed by atoms with Crippen LogP contribution in [0.1, 0.15) is 19.4 Å². The number of nitrogens with one attached hydrogen (secondary N) is 2. The molecule has 148 valence electrons. The molecule has 2 aromatic rings. The van der Waals surface area contributed by atoms with Gasteiger partial charge in [0.2, 0.25) is 5.88 Å². The van der Waals surface area contributed by atoms with Gasteiger partial charge < -0.3 is 24.8 Å². The van der Waals surface area contributed by atoms with Gasteiger partial charge in [0, 0.05) is 30.1 Å². The van der Waals surface area contributed by atoms with Crippen molar-refractivity contribution in [3.05, 3.63) is 42.1 Å². The number of aromatic nitrogens is 1. The second kappa shape index (κ2) is 12.2. The Bertz CT molecular complexity index is 741. The average molecular weight is 486 g/mol. The summed E-state index contributed by atoms with van der Waals surface area (Å²) in [7, 11) is 3.23. The molecule has 0 unspecified atom stereocenters. The summed E-state index contributed by atoms with van der Waals surface area (Å²) in [6.45, 7) is 5.70. The molecule has 1 aromatic heterocycles. The Kier molecular flexibility index (Phi) is 10.3. The third-order valence-electron chi connectivity index (χ3n) is 3.52. The molecule has 1 heterocycles. The first-order valence-electron chi connectivity index (χ1n) is 8.55. The fourth-order valence-electron chi connectivity index (χ4n) is 2.36. The van der Waals surface area contributed by atoms with E-state index in [1.165, 1.54) is 0 Å². The van der Waals surface area contributed by atoms with Crippen molar-refractivity contribution >= 4 is 35.6 Å². The molecule has 0 aliphatic rings. The third-order valence-corrected chi connectivity index (χ3v) is 3.52. The summed E-state index contributed by atoms with van der Waals surface area (Å²) in [6.07, 6.45) is 1.70. The van der Waals surface area contributed by atoms with Crippen LogP contribution in [0, 0.1) is 0 Å². The molecule has 0 fully saturated rings. The quantitative estimate of drug-likeness (QED) is 0.337. The Morgan fingerprint density at radius 2 is 1.93 bits per heavy atom. The van der Waals surface area contributed by atoms with Crippen LogP contribution in [0.4, 0.5) is 5.69 Å². The monoisotopic (exact) mass is 486 g/mol. The van der Waals surface area contributed by atoms with Gasteiger partial charge >= 0.3 is 0 Å². The molecule has 0 aliphatic carbocycles. The van der Waals surface area contributed by atoms with Crippen LogP contribution >= 0.6 is 24.0 Å². The minimum absolute atomic E-state index is 0. The molecule has 0 saturated carbocycles. The van der Waals surface area contributed by atoms with Crippen LogP contribution in [0.5, 0.6) is 17.4 Å². The molecule has 27 heavy (non-hydrogen) atoms. The van der Waals surface area contributed by atoms with E-state index in [9.17, 15) is 0 Å². The number of hydrogen-bond acceptors (Lipinski definition) is 5. The molecule has 0 spiro atoms. The fraction of sp³-hybridized carbons (Fsp3) is 0.368. The van der Waals surface area contributed by atoms with Crippen molar-refractivity contribution in [2.45, 2.75) is 20.4 Å². The summed E-state index contributed by atoms with van der Waals surface area (Å²) < 4.78 is 16.2. The number of guanidine groups is 1.